The molecule has 1 unspecified atom stereocenters. The van der Waals surface area contributed by atoms with Crippen molar-refractivity contribution in [2.24, 2.45) is 0 Å². The Morgan fingerprint density at radius 3 is 2.83 bits per heavy atom. The zero-order valence-electron chi connectivity index (χ0n) is 13.7. The van der Waals surface area contributed by atoms with Gasteiger partial charge in [-0.1, -0.05) is 24.3 Å². The summed E-state index contributed by atoms with van der Waals surface area (Å²) in [7, 11) is 1.36. The van der Waals surface area contributed by atoms with Gasteiger partial charge in [0.05, 0.1) is 24.0 Å². The fraction of sp³-hybridized carbons (Fsp3) is 0.316. The summed E-state index contributed by atoms with van der Waals surface area (Å²) in [5, 5.41) is 1.04. The molecule has 5 heteroatoms. The van der Waals surface area contributed by atoms with Crippen molar-refractivity contribution in [3.8, 4) is 0 Å². The molecular formula is C19H18N2O3. The molecule has 0 N–H and O–H groups in total. The van der Waals surface area contributed by atoms with E-state index in [4.69, 9.17) is 9.72 Å². The smallest absolute Gasteiger partial charge is 0.329 e. The first-order valence-corrected chi connectivity index (χ1v) is 8.10. The van der Waals surface area contributed by atoms with Crippen LogP contribution < -0.4 is 0 Å². The number of ether oxygens (including phenoxy) is 1. The lowest BCUT2D eigenvalue weighted by atomic mass is 9.84. The van der Waals surface area contributed by atoms with E-state index < -0.39 is 6.04 Å². The average Bonchev–Trinajstić information content (AvgIpc) is 2.60. The maximum Gasteiger partial charge on any atom is 0.329 e. The van der Waals surface area contributed by atoms with Gasteiger partial charge in [-0.15, -0.1) is 0 Å². The third-order valence-corrected chi connectivity index (χ3v) is 4.83. The second-order valence-electron chi connectivity index (χ2n) is 6.19. The fourth-order valence-corrected chi connectivity index (χ4v) is 3.86. The summed E-state index contributed by atoms with van der Waals surface area (Å²) in [6, 6.07) is 7.35. The van der Waals surface area contributed by atoms with Gasteiger partial charge in [0, 0.05) is 24.3 Å². The van der Waals surface area contributed by atoms with Crippen LogP contribution in [0.15, 0.2) is 30.3 Å². The highest BCUT2D eigenvalue weighted by Gasteiger charge is 2.40. The van der Waals surface area contributed by atoms with E-state index in [-0.39, 0.29) is 11.9 Å². The number of rotatable bonds is 1. The molecule has 5 nitrogen and oxygen atoms in total. The molecule has 1 aromatic heterocycles. The Labute approximate surface area is 139 Å². The molecule has 1 atom stereocenters. The molecule has 2 heterocycles. The Balaban J connectivity index is 2.02. The van der Waals surface area contributed by atoms with Crippen LogP contribution >= 0.6 is 0 Å². The summed E-state index contributed by atoms with van der Waals surface area (Å²) < 4.78 is 4.96. The Bertz CT molecular complexity index is 901. The molecule has 1 amide bonds. The van der Waals surface area contributed by atoms with Crippen LogP contribution in [0.4, 0.5) is 0 Å². The summed E-state index contributed by atoms with van der Waals surface area (Å²) in [6.07, 6.45) is 4.16. The lowest BCUT2D eigenvalue weighted by molar-refractivity contribution is -0.149. The molecule has 0 spiro atoms. The number of carbonyl (C=O) groups is 2. The number of benzene rings is 1. The van der Waals surface area contributed by atoms with E-state index in [9.17, 15) is 9.59 Å². The van der Waals surface area contributed by atoms with E-state index in [1.165, 1.54) is 14.0 Å². The van der Waals surface area contributed by atoms with Gasteiger partial charge in [0.1, 0.15) is 6.04 Å². The third-order valence-electron chi connectivity index (χ3n) is 4.83. The van der Waals surface area contributed by atoms with E-state index in [0.29, 0.717) is 6.42 Å². The molecule has 0 saturated carbocycles. The Hall–Kier alpha value is -2.69. The van der Waals surface area contributed by atoms with Crippen molar-refractivity contribution in [3.05, 3.63) is 47.2 Å². The van der Waals surface area contributed by atoms with Crippen molar-refractivity contribution in [1.82, 2.24) is 9.88 Å². The van der Waals surface area contributed by atoms with Crippen molar-refractivity contribution in [1.29, 1.82) is 0 Å². The first-order valence-electron chi connectivity index (χ1n) is 8.10. The number of allylic oxidation sites excluding steroid dienone is 1. The van der Waals surface area contributed by atoms with Crippen molar-refractivity contribution in [2.75, 3.05) is 7.11 Å². The maximum absolute atomic E-state index is 12.3. The van der Waals surface area contributed by atoms with Crippen LogP contribution in [-0.2, 0) is 27.2 Å². The highest BCUT2D eigenvalue weighted by Crippen LogP contribution is 2.40. The quantitative estimate of drug-likeness (QED) is 0.757. The normalized spacial score (nSPS) is 18.8. The van der Waals surface area contributed by atoms with Gasteiger partial charge in [0.25, 0.3) is 0 Å². The first kappa shape index (κ1) is 14.9. The van der Waals surface area contributed by atoms with Crippen molar-refractivity contribution in [2.45, 2.75) is 32.2 Å². The number of aryl methyl sites for hydroxylation is 1. The zero-order chi connectivity index (χ0) is 16.8. The highest BCUT2D eigenvalue weighted by atomic mass is 16.5. The minimum absolute atomic E-state index is 0.150. The van der Waals surface area contributed by atoms with Crippen LogP contribution in [0.2, 0.25) is 0 Å². The number of nitrogens with zero attached hydrogens (tertiary/aromatic N) is 2. The molecule has 1 aliphatic carbocycles. The summed E-state index contributed by atoms with van der Waals surface area (Å²) >= 11 is 0. The van der Waals surface area contributed by atoms with Gasteiger partial charge in [-0.05, 0) is 24.5 Å². The summed E-state index contributed by atoms with van der Waals surface area (Å²) in [5.74, 6) is -0.534. The number of esters is 1. The Morgan fingerprint density at radius 1 is 1.29 bits per heavy atom. The molecule has 1 aromatic carbocycles. The second kappa shape index (κ2) is 5.44. The van der Waals surface area contributed by atoms with Gasteiger partial charge in [-0.25, -0.2) is 4.79 Å². The zero-order valence-corrected chi connectivity index (χ0v) is 13.7. The minimum atomic E-state index is -0.622. The number of hydrogen-bond acceptors (Lipinski definition) is 4. The van der Waals surface area contributed by atoms with Crippen molar-refractivity contribution in [3.63, 3.8) is 0 Å². The summed E-state index contributed by atoms with van der Waals surface area (Å²) in [6.45, 7) is 1.49. The number of amides is 1. The first-order chi connectivity index (χ1) is 11.6. The number of para-hydroxylation sites is 1. The van der Waals surface area contributed by atoms with Crippen LogP contribution in [-0.4, -0.2) is 34.9 Å². The Morgan fingerprint density at radius 2 is 2.08 bits per heavy atom. The van der Waals surface area contributed by atoms with Crippen molar-refractivity contribution >= 4 is 28.5 Å². The van der Waals surface area contributed by atoms with E-state index >= 15 is 0 Å². The van der Waals surface area contributed by atoms with E-state index in [2.05, 4.69) is 0 Å². The molecule has 1 aliphatic heterocycles. The van der Waals surface area contributed by atoms with Gasteiger partial charge in [0.15, 0.2) is 0 Å². The standard InChI is InChI=1S/C19H18N2O3/c1-11(22)21-16-9-5-8-15-18(16)13(10-17(21)19(23)24-2)12-6-3-4-7-14(12)20-15/h3-4,6-7,9,17H,5,8,10H2,1-2H3. The van der Waals surface area contributed by atoms with E-state index in [1.807, 2.05) is 30.3 Å². The van der Waals surface area contributed by atoms with Gasteiger partial charge in [-0.2, -0.15) is 0 Å². The molecule has 0 fully saturated rings. The van der Waals surface area contributed by atoms with Gasteiger partial charge < -0.3 is 4.74 Å². The van der Waals surface area contributed by atoms with Gasteiger partial charge in [-0.3, -0.25) is 14.7 Å². The lowest BCUT2D eigenvalue weighted by Gasteiger charge is -2.39. The van der Waals surface area contributed by atoms with E-state index in [1.54, 1.807) is 4.90 Å². The number of methoxy groups -OCH3 is 1. The second-order valence-corrected chi connectivity index (χ2v) is 6.19. The monoisotopic (exact) mass is 322 g/mol. The molecule has 122 valence electrons. The number of fused-ring (bicyclic) bond motifs is 2. The van der Waals surface area contributed by atoms with Crippen LogP contribution in [0.3, 0.4) is 0 Å². The molecule has 24 heavy (non-hydrogen) atoms. The van der Waals surface area contributed by atoms with Crippen LogP contribution in [0.5, 0.6) is 0 Å². The SMILES string of the molecule is COC(=O)C1Cc2c3c(nc4ccccc24)CCC=C3N1C(C)=O. The number of hydrogen-bond donors (Lipinski definition) is 0. The number of carbonyl (C=O) groups excluding carboxylic acids is 2. The average molecular weight is 322 g/mol. The highest BCUT2D eigenvalue weighted by molar-refractivity contribution is 5.98. The molecular weight excluding hydrogens is 304 g/mol. The summed E-state index contributed by atoms with van der Waals surface area (Å²) in [4.78, 5) is 31.0. The predicted octanol–water partition coefficient (Wildman–Crippen LogP) is 2.47. The predicted molar refractivity (Wildman–Crippen MR) is 90.1 cm³/mol. The minimum Gasteiger partial charge on any atom is -0.467 e. The fourth-order valence-electron chi connectivity index (χ4n) is 3.86. The summed E-state index contributed by atoms with van der Waals surface area (Å²) in [5.41, 5.74) is 4.87. The molecule has 4 rings (SSSR count). The molecule has 2 aliphatic rings. The third kappa shape index (κ3) is 2.04. The molecule has 0 saturated heterocycles. The largest absolute Gasteiger partial charge is 0.467 e. The maximum atomic E-state index is 12.3. The molecule has 0 bridgehead atoms. The van der Waals surface area contributed by atoms with Gasteiger partial charge >= 0.3 is 5.97 Å². The lowest BCUT2D eigenvalue weighted by Crippen LogP contribution is -2.48. The van der Waals surface area contributed by atoms with Crippen LogP contribution in [0.1, 0.15) is 30.2 Å². The van der Waals surface area contributed by atoms with Crippen molar-refractivity contribution < 1.29 is 14.3 Å². The van der Waals surface area contributed by atoms with Crippen LogP contribution in [0, 0.1) is 0 Å². The number of aromatic nitrogens is 1. The van der Waals surface area contributed by atoms with Gasteiger partial charge in [0.2, 0.25) is 5.91 Å². The number of pyridine rings is 1. The molecule has 2 aromatic rings. The Kier molecular flexibility index (Phi) is 3.37. The van der Waals surface area contributed by atoms with Crippen LogP contribution in [0.25, 0.3) is 16.6 Å². The topological polar surface area (TPSA) is 59.5 Å². The molecule has 0 radical (unpaired) electrons. The van der Waals surface area contributed by atoms with E-state index in [0.717, 1.165) is 46.3 Å².